The topological polar surface area (TPSA) is 55.3 Å². The van der Waals surface area contributed by atoms with Gasteiger partial charge in [-0.3, -0.25) is 5.32 Å². The van der Waals surface area contributed by atoms with Gasteiger partial charge in [-0.25, -0.2) is 4.99 Å². The Morgan fingerprint density at radius 3 is 2.02 bits per heavy atom. The number of aromatic nitrogens is 1. The van der Waals surface area contributed by atoms with Gasteiger partial charge in [-0.2, -0.15) is 0 Å². The molecule has 1 aliphatic carbocycles. The zero-order valence-electron chi connectivity index (χ0n) is 25.4. The van der Waals surface area contributed by atoms with Crippen LogP contribution in [0.4, 0.5) is 0 Å². The third-order valence-corrected chi connectivity index (χ3v) is 8.74. The lowest BCUT2D eigenvalue weighted by Crippen LogP contribution is -2.27. The number of hydrogen-bond acceptors (Lipinski definition) is 2. The molecule has 1 heterocycles. The van der Waals surface area contributed by atoms with Gasteiger partial charge in [-0.1, -0.05) is 134 Å². The van der Waals surface area contributed by atoms with E-state index in [4.69, 9.17) is 10.7 Å². The van der Waals surface area contributed by atoms with E-state index in [0.29, 0.717) is 5.84 Å². The molecular weight excluding hydrogens is 548 g/mol. The summed E-state index contributed by atoms with van der Waals surface area (Å²) < 4.78 is 2.32. The van der Waals surface area contributed by atoms with E-state index in [1.807, 2.05) is 30.3 Å². The monoisotopic (exact) mass is 584 g/mol. The van der Waals surface area contributed by atoms with Crippen molar-refractivity contribution >= 4 is 39.4 Å². The number of nitrogens with two attached hydrogens (primary N) is 1. The third-order valence-electron chi connectivity index (χ3n) is 8.74. The van der Waals surface area contributed by atoms with Gasteiger partial charge >= 0.3 is 0 Å². The molecule has 0 radical (unpaired) electrons. The molecular formula is C41H36N4. The van der Waals surface area contributed by atoms with Crippen LogP contribution in [0.15, 0.2) is 157 Å². The molecule has 0 fully saturated rings. The summed E-state index contributed by atoms with van der Waals surface area (Å²) in [5.41, 5.74) is 17.2. The van der Waals surface area contributed by atoms with Gasteiger partial charge in [0.25, 0.3) is 0 Å². The van der Waals surface area contributed by atoms with Gasteiger partial charge in [0.2, 0.25) is 0 Å². The van der Waals surface area contributed by atoms with Crippen LogP contribution in [-0.4, -0.2) is 10.4 Å². The van der Waals surface area contributed by atoms with Gasteiger partial charge in [-0.15, -0.1) is 0 Å². The number of nitrogens with one attached hydrogen (secondary N) is 1. The molecule has 0 amide bonds. The highest BCUT2D eigenvalue weighted by molar-refractivity contribution is 6.11. The van der Waals surface area contributed by atoms with Gasteiger partial charge < -0.3 is 10.3 Å². The van der Waals surface area contributed by atoms with Crippen LogP contribution >= 0.6 is 0 Å². The fourth-order valence-corrected chi connectivity index (χ4v) is 6.52. The zero-order chi connectivity index (χ0) is 30.8. The molecule has 1 aliphatic rings. The molecule has 2 unspecified atom stereocenters. The number of fused-ring (bicyclic) bond motifs is 4. The number of aliphatic imine (C=N–C) groups is 1. The van der Waals surface area contributed by atoms with E-state index in [2.05, 4.69) is 139 Å². The number of para-hydroxylation sites is 2. The Hall–Kier alpha value is -5.45. The molecule has 4 heteroatoms. The van der Waals surface area contributed by atoms with Crippen LogP contribution in [0.5, 0.6) is 0 Å². The third kappa shape index (κ3) is 5.41. The Bertz CT molecular complexity index is 2040. The minimum atomic E-state index is -0.311. The van der Waals surface area contributed by atoms with Gasteiger partial charge in [-0.05, 0) is 53.3 Å². The predicted octanol–water partition coefficient (Wildman–Crippen LogP) is 9.22. The first kappa shape index (κ1) is 28.3. The van der Waals surface area contributed by atoms with Crippen LogP contribution in [-0.2, 0) is 6.42 Å². The molecule has 3 N–H and O–H groups in total. The molecule has 0 saturated carbocycles. The van der Waals surface area contributed by atoms with E-state index in [1.165, 1.54) is 49.6 Å². The Morgan fingerprint density at radius 2 is 1.38 bits per heavy atom. The summed E-state index contributed by atoms with van der Waals surface area (Å²) >= 11 is 0. The van der Waals surface area contributed by atoms with Crippen LogP contribution in [0.2, 0.25) is 0 Å². The summed E-state index contributed by atoms with van der Waals surface area (Å²) in [7, 11) is 0. The molecule has 220 valence electrons. The summed E-state index contributed by atoms with van der Waals surface area (Å²) in [5, 5.41) is 6.20. The first-order valence-corrected chi connectivity index (χ1v) is 15.5. The molecule has 0 bridgehead atoms. The molecule has 0 saturated heterocycles. The van der Waals surface area contributed by atoms with E-state index in [-0.39, 0.29) is 12.2 Å². The number of benzene rings is 5. The van der Waals surface area contributed by atoms with E-state index < -0.39 is 0 Å². The molecule has 2 atom stereocenters. The maximum atomic E-state index is 6.92. The fourth-order valence-electron chi connectivity index (χ4n) is 6.52. The van der Waals surface area contributed by atoms with Crippen molar-refractivity contribution in [3.63, 3.8) is 0 Å². The second-order valence-electron chi connectivity index (χ2n) is 11.5. The van der Waals surface area contributed by atoms with E-state index in [1.54, 1.807) is 0 Å². The average molecular weight is 585 g/mol. The smallest absolute Gasteiger partial charge is 0.128 e. The number of hydrogen-bond donors (Lipinski definition) is 2. The van der Waals surface area contributed by atoms with Crippen molar-refractivity contribution in [2.45, 2.75) is 25.6 Å². The van der Waals surface area contributed by atoms with Crippen molar-refractivity contribution < 1.29 is 0 Å². The number of rotatable bonds is 8. The molecule has 0 spiro atoms. The lowest BCUT2D eigenvalue weighted by molar-refractivity contribution is 0.480. The number of amidine groups is 1. The van der Waals surface area contributed by atoms with E-state index in [9.17, 15) is 0 Å². The van der Waals surface area contributed by atoms with Crippen molar-refractivity contribution in [1.29, 1.82) is 0 Å². The maximum absolute atomic E-state index is 6.92. The highest BCUT2D eigenvalue weighted by Gasteiger charge is 2.26. The summed E-state index contributed by atoms with van der Waals surface area (Å²) in [5.74, 6) is 0.518. The lowest BCUT2D eigenvalue weighted by atomic mass is 10.0. The summed E-state index contributed by atoms with van der Waals surface area (Å²) in [6, 6.07) is 44.4. The van der Waals surface area contributed by atoms with Crippen LogP contribution in [0.3, 0.4) is 0 Å². The second-order valence-corrected chi connectivity index (χ2v) is 11.5. The Labute approximate surface area is 264 Å². The molecule has 45 heavy (non-hydrogen) atoms. The molecule has 6 aromatic rings. The average Bonchev–Trinajstić information content (AvgIpc) is 3.60. The predicted molar refractivity (Wildman–Crippen MR) is 190 cm³/mol. The first-order valence-electron chi connectivity index (χ1n) is 15.5. The first-order chi connectivity index (χ1) is 22.1. The van der Waals surface area contributed by atoms with Crippen LogP contribution < -0.4 is 11.1 Å². The quantitative estimate of drug-likeness (QED) is 0.138. The largest absolute Gasteiger partial charge is 0.383 e. The minimum Gasteiger partial charge on any atom is -0.383 e. The molecule has 4 nitrogen and oxygen atoms in total. The summed E-state index contributed by atoms with van der Waals surface area (Å²) in [4.78, 5) is 5.13. The normalized spacial score (nSPS) is 16.3. The number of nitrogens with zero attached hydrogens (tertiary/aromatic N) is 2. The van der Waals surface area contributed by atoms with Crippen molar-refractivity contribution in [2.24, 2.45) is 10.7 Å². The van der Waals surface area contributed by atoms with Crippen molar-refractivity contribution in [3.8, 4) is 0 Å². The van der Waals surface area contributed by atoms with Crippen LogP contribution in [0.1, 0.15) is 46.9 Å². The van der Waals surface area contributed by atoms with Crippen molar-refractivity contribution in [1.82, 2.24) is 9.88 Å². The van der Waals surface area contributed by atoms with Gasteiger partial charge in [0.05, 0.1) is 11.0 Å². The van der Waals surface area contributed by atoms with E-state index in [0.717, 1.165) is 17.5 Å². The van der Waals surface area contributed by atoms with Crippen molar-refractivity contribution in [2.75, 3.05) is 0 Å². The maximum Gasteiger partial charge on any atom is 0.128 e. The Balaban J connectivity index is 1.33. The van der Waals surface area contributed by atoms with Crippen LogP contribution in [0.25, 0.3) is 33.6 Å². The Kier molecular flexibility index (Phi) is 7.73. The second kappa shape index (κ2) is 12.3. The SMILES string of the molecule is C=C/C=C1/Cc2c(C(N)=NC(NC(C)c3ccccc3)c3ccccc3)cccc2/C1=C/n1c2ccccc2c2ccccc21. The highest BCUT2D eigenvalue weighted by atomic mass is 15.1. The zero-order valence-corrected chi connectivity index (χ0v) is 25.4. The Morgan fingerprint density at radius 1 is 0.778 bits per heavy atom. The van der Waals surface area contributed by atoms with Gasteiger partial charge in [0, 0.05) is 34.2 Å². The fraction of sp³-hybridized carbons (Fsp3) is 0.0976. The number of allylic oxidation sites excluding steroid dienone is 4. The van der Waals surface area contributed by atoms with E-state index >= 15 is 0 Å². The van der Waals surface area contributed by atoms with Gasteiger partial charge in [0.15, 0.2) is 0 Å². The standard InChI is InChI=1S/C41H36N4/c1-3-15-31-26-36-32(37(31)27-45-38-24-12-10-20-33(38)34-21-11-13-25-39(34)45)22-14-23-35(36)40(42)44-41(30-18-8-5-9-19-30)43-28(2)29-16-6-4-7-17-29/h3-25,27-28,41,43H,1,26H2,2H3,(H2,42,44)/b31-15-,37-27+. The van der Waals surface area contributed by atoms with Gasteiger partial charge in [0.1, 0.15) is 12.0 Å². The summed E-state index contributed by atoms with van der Waals surface area (Å²) in [6.07, 6.45) is 6.71. The minimum absolute atomic E-state index is 0.0809. The molecule has 0 aliphatic heterocycles. The van der Waals surface area contributed by atoms with Crippen molar-refractivity contribution in [3.05, 3.63) is 180 Å². The summed E-state index contributed by atoms with van der Waals surface area (Å²) in [6.45, 7) is 6.20. The highest BCUT2D eigenvalue weighted by Crippen LogP contribution is 2.41. The molecule has 5 aromatic carbocycles. The molecule has 1 aromatic heterocycles. The molecule has 7 rings (SSSR count). The van der Waals surface area contributed by atoms with Crippen LogP contribution in [0, 0.1) is 0 Å². The lowest BCUT2D eigenvalue weighted by Gasteiger charge is -2.22.